The number of unbranched alkanes of at least 4 members (excludes halogenated alkanes) is 1. The molecule has 0 radical (unpaired) electrons. The normalized spacial score (nSPS) is 16.3. The van der Waals surface area contributed by atoms with Crippen molar-refractivity contribution in [2.24, 2.45) is 0 Å². The minimum Gasteiger partial charge on any atom is -0.508 e. The molecule has 0 saturated carbocycles. The van der Waals surface area contributed by atoms with Gasteiger partial charge in [-0.15, -0.1) is 0 Å². The van der Waals surface area contributed by atoms with Gasteiger partial charge in [-0.1, -0.05) is 24.3 Å². The van der Waals surface area contributed by atoms with Gasteiger partial charge >= 0.3 is 0 Å². The van der Waals surface area contributed by atoms with Gasteiger partial charge in [-0.2, -0.15) is 0 Å². The molecule has 3 heteroatoms. The summed E-state index contributed by atoms with van der Waals surface area (Å²) in [4.78, 5) is 2.58. The SMILES string of the molecule is Oc1ccc(CCCCN2CCC(c3ccc(O)cc3)CC2)cc1. The monoisotopic (exact) mass is 325 g/mol. The van der Waals surface area contributed by atoms with Crippen molar-refractivity contribution in [1.29, 1.82) is 0 Å². The number of hydrogen-bond donors (Lipinski definition) is 2. The number of aryl methyl sites for hydroxylation is 1. The third-order valence-corrected chi connectivity index (χ3v) is 5.08. The molecule has 1 heterocycles. The van der Waals surface area contributed by atoms with Gasteiger partial charge in [0, 0.05) is 0 Å². The summed E-state index contributed by atoms with van der Waals surface area (Å²) in [7, 11) is 0. The minimum atomic E-state index is 0.343. The molecule has 2 N–H and O–H groups in total. The standard InChI is InChI=1S/C21H27NO2/c23-20-8-4-17(5-9-20)3-1-2-14-22-15-12-19(13-16-22)18-6-10-21(24)11-7-18/h4-11,19,23-24H,1-3,12-16H2. The molecule has 3 nitrogen and oxygen atoms in total. The molecular weight excluding hydrogens is 298 g/mol. The van der Waals surface area contributed by atoms with Crippen molar-refractivity contribution < 1.29 is 10.2 Å². The average Bonchev–Trinajstić information content (AvgIpc) is 2.62. The van der Waals surface area contributed by atoms with E-state index in [1.807, 2.05) is 12.1 Å². The maximum atomic E-state index is 9.39. The van der Waals surface area contributed by atoms with Crippen LogP contribution in [0.1, 0.15) is 42.7 Å². The minimum absolute atomic E-state index is 0.343. The van der Waals surface area contributed by atoms with Crippen LogP contribution >= 0.6 is 0 Å². The number of phenols is 2. The molecule has 0 aliphatic carbocycles. The Labute approximate surface area is 144 Å². The number of nitrogens with zero attached hydrogens (tertiary/aromatic N) is 1. The molecule has 0 unspecified atom stereocenters. The van der Waals surface area contributed by atoms with Crippen LogP contribution in [0, 0.1) is 0 Å². The first kappa shape index (κ1) is 16.8. The Morgan fingerprint density at radius 3 is 2.00 bits per heavy atom. The van der Waals surface area contributed by atoms with Crippen LogP contribution in [0.25, 0.3) is 0 Å². The second-order valence-corrected chi connectivity index (χ2v) is 6.83. The van der Waals surface area contributed by atoms with Crippen LogP contribution in [0.5, 0.6) is 11.5 Å². The third kappa shape index (κ3) is 4.75. The average molecular weight is 325 g/mol. The fourth-order valence-electron chi connectivity index (χ4n) is 3.56. The zero-order chi connectivity index (χ0) is 16.8. The Bertz CT molecular complexity index is 613. The van der Waals surface area contributed by atoms with E-state index in [0.29, 0.717) is 17.4 Å². The Morgan fingerprint density at radius 2 is 1.38 bits per heavy atom. The van der Waals surface area contributed by atoms with Crippen LogP contribution in [0.3, 0.4) is 0 Å². The van der Waals surface area contributed by atoms with Crippen LogP contribution < -0.4 is 0 Å². The lowest BCUT2D eigenvalue weighted by atomic mass is 9.89. The summed E-state index contributed by atoms with van der Waals surface area (Å²) >= 11 is 0. The van der Waals surface area contributed by atoms with Crippen molar-refractivity contribution in [1.82, 2.24) is 4.90 Å². The Balaban J connectivity index is 1.35. The summed E-state index contributed by atoms with van der Waals surface area (Å²) in [5, 5.41) is 18.7. The lowest BCUT2D eigenvalue weighted by molar-refractivity contribution is 0.209. The van der Waals surface area contributed by atoms with E-state index in [1.165, 1.54) is 56.4 Å². The highest BCUT2D eigenvalue weighted by atomic mass is 16.3. The number of phenolic OH excluding ortho intramolecular Hbond substituents is 2. The van der Waals surface area contributed by atoms with E-state index >= 15 is 0 Å². The first-order valence-electron chi connectivity index (χ1n) is 9.00. The molecule has 0 atom stereocenters. The fourth-order valence-corrected chi connectivity index (χ4v) is 3.56. The number of benzene rings is 2. The van der Waals surface area contributed by atoms with Crippen LogP contribution in [-0.2, 0) is 6.42 Å². The molecule has 0 bridgehead atoms. The van der Waals surface area contributed by atoms with E-state index in [0.717, 1.165) is 6.42 Å². The lowest BCUT2D eigenvalue weighted by Gasteiger charge is -2.32. The van der Waals surface area contributed by atoms with E-state index in [1.54, 1.807) is 24.3 Å². The van der Waals surface area contributed by atoms with Gasteiger partial charge in [0.05, 0.1) is 0 Å². The molecule has 1 saturated heterocycles. The predicted molar refractivity (Wildman–Crippen MR) is 97.6 cm³/mol. The summed E-state index contributed by atoms with van der Waals surface area (Å²) in [5.74, 6) is 1.33. The van der Waals surface area contributed by atoms with Gasteiger partial charge in [0.2, 0.25) is 0 Å². The number of hydrogen-bond acceptors (Lipinski definition) is 3. The molecule has 2 aromatic carbocycles. The lowest BCUT2D eigenvalue weighted by Crippen LogP contribution is -2.33. The van der Waals surface area contributed by atoms with Crippen molar-refractivity contribution in [2.45, 2.75) is 38.0 Å². The number of aromatic hydroxyl groups is 2. The Kier molecular flexibility index (Phi) is 5.76. The molecule has 0 spiro atoms. The number of piperidine rings is 1. The van der Waals surface area contributed by atoms with Gasteiger partial charge in [0.1, 0.15) is 11.5 Å². The van der Waals surface area contributed by atoms with Crippen molar-refractivity contribution in [3.63, 3.8) is 0 Å². The summed E-state index contributed by atoms with van der Waals surface area (Å²) < 4.78 is 0. The fraction of sp³-hybridized carbons (Fsp3) is 0.429. The molecule has 2 aromatic rings. The van der Waals surface area contributed by atoms with Gasteiger partial charge in [-0.05, 0) is 93.0 Å². The summed E-state index contributed by atoms with van der Waals surface area (Å²) in [6.45, 7) is 3.52. The molecule has 1 aliphatic heterocycles. The highest BCUT2D eigenvalue weighted by Crippen LogP contribution is 2.29. The van der Waals surface area contributed by atoms with E-state index in [4.69, 9.17) is 0 Å². The van der Waals surface area contributed by atoms with E-state index in [9.17, 15) is 10.2 Å². The van der Waals surface area contributed by atoms with Crippen molar-refractivity contribution in [2.75, 3.05) is 19.6 Å². The van der Waals surface area contributed by atoms with Crippen molar-refractivity contribution in [3.8, 4) is 11.5 Å². The molecule has 0 amide bonds. The Morgan fingerprint density at radius 1 is 0.792 bits per heavy atom. The second kappa shape index (κ2) is 8.20. The molecule has 128 valence electrons. The van der Waals surface area contributed by atoms with Crippen LogP contribution in [-0.4, -0.2) is 34.7 Å². The molecule has 24 heavy (non-hydrogen) atoms. The van der Waals surface area contributed by atoms with Crippen LogP contribution in [0.4, 0.5) is 0 Å². The molecule has 1 aliphatic rings. The summed E-state index contributed by atoms with van der Waals surface area (Å²) in [5.41, 5.74) is 2.67. The first-order valence-corrected chi connectivity index (χ1v) is 9.00. The quantitative estimate of drug-likeness (QED) is 0.778. The maximum Gasteiger partial charge on any atom is 0.115 e. The highest BCUT2D eigenvalue weighted by molar-refractivity contribution is 5.28. The first-order chi connectivity index (χ1) is 11.7. The second-order valence-electron chi connectivity index (χ2n) is 6.83. The van der Waals surface area contributed by atoms with Gasteiger partial charge < -0.3 is 15.1 Å². The van der Waals surface area contributed by atoms with Crippen LogP contribution in [0.2, 0.25) is 0 Å². The summed E-state index contributed by atoms with van der Waals surface area (Å²) in [6.07, 6.45) is 5.93. The molecule has 3 rings (SSSR count). The van der Waals surface area contributed by atoms with E-state index in [-0.39, 0.29) is 0 Å². The predicted octanol–water partition coefficient (Wildman–Crippen LogP) is 4.30. The topological polar surface area (TPSA) is 43.7 Å². The van der Waals surface area contributed by atoms with Crippen molar-refractivity contribution in [3.05, 3.63) is 59.7 Å². The van der Waals surface area contributed by atoms with E-state index in [2.05, 4.69) is 17.0 Å². The van der Waals surface area contributed by atoms with Gasteiger partial charge in [0.25, 0.3) is 0 Å². The zero-order valence-electron chi connectivity index (χ0n) is 14.2. The third-order valence-electron chi connectivity index (χ3n) is 5.08. The van der Waals surface area contributed by atoms with Crippen LogP contribution in [0.15, 0.2) is 48.5 Å². The number of likely N-dealkylation sites (tertiary alicyclic amines) is 1. The van der Waals surface area contributed by atoms with Gasteiger partial charge in [-0.25, -0.2) is 0 Å². The molecule has 1 fully saturated rings. The zero-order valence-corrected chi connectivity index (χ0v) is 14.2. The Hall–Kier alpha value is -2.00. The maximum absolute atomic E-state index is 9.39. The summed E-state index contributed by atoms with van der Waals surface area (Å²) in [6, 6.07) is 15.3. The largest absolute Gasteiger partial charge is 0.508 e. The number of rotatable bonds is 6. The highest BCUT2D eigenvalue weighted by Gasteiger charge is 2.20. The van der Waals surface area contributed by atoms with Crippen molar-refractivity contribution >= 4 is 0 Å². The van der Waals surface area contributed by atoms with Gasteiger partial charge in [-0.3, -0.25) is 0 Å². The molecular formula is C21H27NO2. The molecule has 0 aromatic heterocycles. The smallest absolute Gasteiger partial charge is 0.115 e. The van der Waals surface area contributed by atoms with Gasteiger partial charge in [0.15, 0.2) is 0 Å². The van der Waals surface area contributed by atoms with E-state index < -0.39 is 0 Å².